The van der Waals surface area contributed by atoms with Gasteiger partial charge in [0.2, 0.25) is 0 Å². The average molecular weight is 288 g/mol. The van der Waals surface area contributed by atoms with Crippen molar-refractivity contribution in [1.29, 1.82) is 0 Å². The van der Waals surface area contributed by atoms with E-state index >= 15 is 0 Å². The minimum atomic E-state index is -0.947. The highest BCUT2D eigenvalue weighted by molar-refractivity contribution is 5.74. The highest BCUT2D eigenvalue weighted by atomic mass is 16.5. The van der Waals surface area contributed by atoms with E-state index < -0.39 is 12.1 Å². The van der Waals surface area contributed by atoms with Crippen LogP contribution in [0.15, 0.2) is 0 Å². The van der Waals surface area contributed by atoms with E-state index in [0.29, 0.717) is 19.0 Å². The SMILES string of the molecule is COC(CNC(=O)N1CCC(C)C(OC)C1)CC(=O)O. The van der Waals surface area contributed by atoms with Crippen LogP contribution in [0.25, 0.3) is 0 Å². The first-order valence-electron chi connectivity index (χ1n) is 6.78. The summed E-state index contributed by atoms with van der Waals surface area (Å²) in [6, 6.07) is -0.202. The van der Waals surface area contributed by atoms with Gasteiger partial charge in [0.1, 0.15) is 0 Å². The summed E-state index contributed by atoms with van der Waals surface area (Å²) in [5, 5.41) is 11.4. The van der Waals surface area contributed by atoms with Crippen LogP contribution in [0.3, 0.4) is 0 Å². The summed E-state index contributed by atoms with van der Waals surface area (Å²) in [4.78, 5) is 24.3. The van der Waals surface area contributed by atoms with Crippen molar-refractivity contribution in [2.75, 3.05) is 33.9 Å². The lowest BCUT2D eigenvalue weighted by Gasteiger charge is -2.36. The fourth-order valence-corrected chi connectivity index (χ4v) is 2.27. The van der Waals surface area contributed by atoms with E-state index in [-0.39, 0.29) is 25.1 Å². The first kappa shape index (κ1) is 16.7. The molecule has 1 aliphatic rings. The molecular formula is C13H24N2O5. The number of hydrogen-bond acceptors (Lipinski definition) is 4. The Labute approximate surface area is 119 Å². The molecule has 0 aromatic rings. The average Bonchev–Trinajstić information content (AvgIpc) is 2.43. The summed E-state index contributed by atoms with van der Waals surface area (Å²) in [5.74, 6) is -0.514. The fraction of sp³-hybridized carbons (Fsp3) is 0.846. The zero-order chi connectivity index (χ0) is 15.1. The lowest BCUT2D eigenvalue weighted by Crippen LogP contribution is -2.51. The van der Waals surface area contributed by atoms with E-state index in [9.17, 15) is 9.59 Å². The molecule has 3 atom stereocenters. The van der Waals surface area contributed by atoms with Crippen LogP contribution in [0.2, 0.25) is 0 Å². The predicted molar refractivity (Wildman–Crippen MR) is 72.6 cm³/mol. The van der Waals surface area contributed by atoms with Gasteiger partial charge in [0.15, 0.2) is 0 Å². The third kappa shape index (κ3) is 4.97. The van der Waals surface area contributed by atoms with Gasteiger partial charge < -0.3 is 24.8 Å². The standard InChI is InChI=1S/C13H24N2O5/c1-9-4-5-15(8-11(9)20-3)13(18)14-7-10(19-2)6-12(16)17/h9-11H,4-8H2,1-3H3,(H,14,18)(H,16,17). The van der Waals surface area contributed by atoms with Gasteiger partial charge in [-0.2, -0.15) is 0 Å². The molecule has 0 bridgehead atoms. The second-order valence-corrected chi connectivity index (χ2v) is 5.13. The molecule has 1 saturated heterocycles. The Morgan fingerprint density at radius 2 is 2.15 bits per heavy atom. The second kappa shape index (κ2) is 8.06. The van der Waals surface area contributed by atoms with Gasteiger partial charge in [-0.15, -0.1) is 0 Å². The number of methoxy groups -OCH3 is 2. The number of amides is 2. The van der Waals surface area contributed by atoms with Crippen molar-refractivity contribution in [2.45, 2.75) is 32.0 Å². The second-order valence-electron chi connectivity index (χ2n) is 5.13. The highest BCUT2D eigenvalue weighted by Crippen LogP contribution is 2.19. The third-order valence-corrected chi connectivity index (χ3v) is 3.70. The van der Waals surface area contributed by atoms with E-state index in [1.54, 1.807) is 12.0 Å². The number of nitrogens with one attached hydrogen (secondary N) is 1. The van der Waals surface area contributed by atoms with E-state index in [1.165, 1.54) is 7.11 Å². The number of urea groups is 1. The molecule has 0 aliphatic carbocycles. The molecule has 3 unspecified atom stereocenters. The van der Waals surface area contributed by atoms with Crippen molar-refractivity contribution in [3.63, 3.8) is 0 Å². The summed E-state index contributed by atoms with van der Waals surface area (Å²) in [5.41, 5.74) is 0. The van der Waals surface area contributed by atoms with Crippen LogP contribution in [-0.2, 0) is 14.3 Å². The Kier molecular flexibility index (Phi) is 6.74. The number of carboxylic acid groups (broad SMARTS) is 1. The van der Waals surface area contributed by atoms with Crippen LogP contribution in [-0.4, -0.2) is 68.1 Å². The molecule has 1 fully saturated rings. The molecule has 2 N–H and O–H groups in total. The smallest absolute Gasteiger partial charge is 0.317 e. The molecule has 1 aliphatic heterocycles. The quantitative estimate of drug-likeness (QED) is 0.745. The van der Waals surface area contributed by atoms with Crippen LogP contribution in [0, 0.1) is 5.92 Å². The van der Waals surface area contributed by atoms with Gasteiger partial charge in [0.25, 0.3) is 0 Å². The van der Waals surface area contributed by atoms with Gasteiger partial charge in [0, 0.05) is 33.9 Å². The molecule has 116 valence electrons. The van der Waals surface area contributed by atoms with E-state index in [2.05, 4.69) is 12.2 Å². The minimum absolute atomic E-state index is 0.0479. The maximum atomic E-state index is 12.0. The van der Waals surface area contributed by atoms with Crippen LogP contribution in [0.1, 0.15) is 19.8 Å². The van der Waals surface area contributed by atoms with Crippen LogP contribution in [0.4, 0.5) is 4.79 Å². The number of likely N-dealkylation sites (tertiary alicyclic amines) is 1. The lowest BCUT2D eigenvalue weighted by molar-refractivity contribution is -0.139. The molecule has 1 heterocycles. The summed E-state index contributed by atoms with van der Waals surface area (Å²) < 4.78 is 10.4. The highest BCUT2D eigenvalue weighted by Gasteiger charge is 2.29. The first-order chi connectivity index (χ1) is 9.47. The minimum Gasteiger partial charge on any atom is -0.481 e. The maximum absolute atomic E-state index is 12.0. The van der Waals surface area contributed by atoms with Crippen LogP contribution in [0.5, 0.6) is 0 Å². The van der Waals surface area contributed by atoms with E-state index in [0.717, 1.165) is 6.42 Å². The molecule has 1 rings (SSSR count). The maximum Gasteiger partial charge on any atom is 0.317 e. The zero-order valence-corrected chi connectivity index (χ0v) is 12.3. The van der Waals surface area contributed by atoms with Gasteiger partial charge in [-0.3, -0.25) is 4.79 Å². The first-order valence-corrected chi connectivity index (χ1v) is 6.78. The number of aliphatic carboxylic acids is 1. The predicted octanol–water partition coefficient (Wildman–Crippen LogP) is 0.543. The molecule has 20 heavy (non-hydrogen) atoms. The molecular weight excluding hydrogens is 264 g/mol. The van der Waals surface area contributed by atoms with Crippen molar-refractivity contribution in [2.24, 2.45) is 5.92 Å². The molecule has 0 spiro atoms. The normalized spacial score (nSPS) is 24.2. The Bertz CT molecular complexity index is 337. The molecule has 2 amide bonds. The molecule has 0 aromatic heterocycles. The van der Waals surface area contributed by atoms with Crippen molar-refractivity contribution in [1.82, 2.24) is 10.2 Å². The third-order valence-electron chi connectivity index (χ3n) is 3.70. The topological polar surface area (TPSA) is 88.1 Å². The van der Waals surface area contributed by atoms with E-state index in [4.69, 9.17) is 14.6 Å². The summed E-state index contributed by atoms with van der Waals surface area (Å²) in [6.07, 6.45) is 0.300. The number of nitrogens with zero attached hydrogens (tertiary/aromatic N) is 1. The number of carbonyl (C=O) groups is 2. The summed E-state index contributed by atoms with van der Waals surface area (Å²) >= 11 is 0. The molecule has 0 radical (unpaired) electrons. The van der Waals surface area contributed by atoms with Gasteiger partial charge in [-0.25, -0.2) is 4.79 Å². The molecule has 0 aromatic carbocycles. The lowest BCUT2D eigenvalue weighted by atomic mass is 9.96. The largest absolute Gasteiger partial charge is 0.481 e. The Hall–Kier alpha value is -1.34. The summed E-state index contributed by atoms with van der Waals surface area (Å²) in [7, 11) is 3.08. The van der Waals surface area contributed by atoms with Crippen LogP contribution >= 0.6 is 0 Å². The van der Waals surface area contributed by atoms with Gasteiger partial charge in [0.05, 0.1) is 18.6 Å². The van der Waals surface area contributed by atoms with E-state index in [1.807, 2.05) is 0 Å². The number of ether oxygens (including phenoxy) is 2. The van der Waals surface area contributed by atoms with Crippen LogP contribution < -0.4 is 5.32 Å². The number of rotatable bonds is 6. The van der Waals surface area contributed by atoms with Gasteiger partial charge in [-0.05, 0) is 12.3 Å². The van der Waals surface area contributed by atoms with Gasteiger partial charge >= 0.3 is 12.0 Å². The summed E-state index contributed by atoms with van der Waals surface area (Å²) in [6.45, 7) is 3.53. The van der Waals surface area contributed by atoms with Crippen molar-refractivity contribution in [3.05, 3.63) is 0 Å². The number of carboxylic acids is 1. The monoisotopic (exact) mass is 288 g/mol. The van der Waals surface area contributed by atoms with Gasteiger partial charge in [-0.1, -0.05) is 6.92 Å². The Morgan fingerprint density at radius 1 is 1.45 bits per heavy atom. The molecule has 7 nitrogen and oxygen atoms in total. The number of piperidine rings is 1. The van der Waals surface area contributed by atoms with Crippen molar-refractivity contribution in [3.8, 4) is 0 Å². The Morgan fingerprint density at radius 3 is 2.70 bits per heavy atom. The fourth-order valence-electron chi connectivity index (χ4n) is 2.27. The number of carbonyl (C=O) groups excluding carboxylic acids is 1. The Balaban J connectivity index is 2.40. The molecule has 0 saturated carbocycles. The van der Waals surface area contributed by atoms with Crippen molar-refractivity contribution >= 4 is 12.0 Å². The van der Waals surface area contributed by atoms with Crippen molar-refractivity contribution < 1.29 is 24.2 Å². The molecule has 7 heteroatoms. The number of hydrogen-bond donors (Lipinski definition) is 2. The zero-order valence-electron chi connectivity index (χ0n) is 12.3.